The third-order valence-corrected chi connectivity index (χ3v) is 7.29. The first-order valence-electron chi connectivity index (χ1n) is 11.2. The lowest BCUT2D eigenvalue weighted by Gasteiger charge is -2.41. The summed E-state index contributed by atoms with van der Waals surface area (Å²) >= 11 is 6.56. The van der Waals surface area contributed by atoms with Crippen LogP contribution < -0.4 is 4.90 Å². The van der Waals surface area contributed by atoms with E-state index >= 15 is 0 Å². The largest absolute Gasteiger partial charge is 0.356 e. The number of benzene rings is 1. The normalized spacial score (nSPS) is 19.6. The molecule has 2 fully saturated rings. The molecule has 1 aromatic carbocycles. The highest BCUT2D eigenvalue weighted by Crippen LogP contribution is 2.33. The number of imidazole rings is 1. The van der Waals surface area contributed by atoms with E-state index in [1.54, 1.807) is 6.20 Å². The van der Waals surface area contributed by atoms with Crippen LogP contribution in [0.2, 0.25) is 5.02 Å². The van der Waals surface area contributed by atoms with Crippen molar-refractivity contribution in [3.8, 4) is 11.4 Å². The van der Waals surface area contributed by atoms with Crippen molar-refractivity contribution < 1.29 is 0 Å². The van der Waals surface area contributed by atoms with Crippen molar-refractivity contribution in [3.05, 3.63) is 41.6 Å². The fourth-order valence-corrected chi connectivity index (χ4v) is 5.20. The van der Waals surface area contributed by atoms with Gasteiger partial charge >= 0.3 is 0 Å². The van der Waals surface area contributed by atoms with Crippen LogP contribution in [-0.2, 0) is 7.05 Å². The van der Waals surface area contributed by atoms with Crippen LogP contribution in [0.25, 0.3) is 22.4 Å². The van der Waals surface area contributed by atoms with Crippen molar-refractivity contribution >= 4 is 28.5 Å². The van der Waals surface area contributed by atoms with Crippen LogP contribution in [0.4, 0.5) is 5.82 Å². The van der Waals surface area contributed by atoms with Crippen LogP contribution in [0.15, 0.2) is 36.5 Å². The molecule has 2 aliphatic heterocycles. The third kappa shape index (κ3) is 3.69. The first-order chi connectivity index (χ1) is 14.6. The minimum Gasteiger partial charge on any atom is -0.356 e. The van der Waals surface area contributed by atoms with Crippen LogP contribution in [0, 0.1) is 5.92 Å². The van der Waals surface area contributed by atoms with E-state index in [-0.39, 0.29) is 0 Å². The second-order valence-electron chi connectivity index (χ2n) is 8.94. The number of para-hydroxylation sites is 2. The quantitative estimate of drug-likeness (QED) is 0.594. The van der Waals surface area contributed by atoms with Crippen molar-refractivity contribution in [1.82, 2.24) is 19.4 Å². The lowest BCUT2D eigenvalue weighted by atomic mass is 9.95. The van der Waals surface area contributed by atoms with Gasteiger partial charge in [0.25, 0.3) is 0 Å². The van der Waals surface area contributed by atoms with Gasteiger partial charge in [0, 0.05) is 37.9 Å². The highest BCUT2D eigenvalue weighted by molar-refractivity contribution is 6.33. The average molecular weight is 424 g/mol. The zero-order chi connectivity index (χ0) is 20.7. The summed E-state index contributed by atoms with van der Waals surface area (Å²) in [6.45, 7) is 7.01. The molecule has 0 spiro atoms. The van der Waals surface area contributed by atoms with Crippen molar-refractivity contribution in [2.75, 3.05) is 31.1 Å². The number of fused-ring (bicyclic) bond motifs is 1. The van der Waals surface area contributed by atoms with Crippen LogP contribution in [0.5, 0.6) is 0 Å². The second-order valence-corrected chi connectivity index (χ2v) is 9.35. The van der Waals surface area contributed by atoms with E-state index in [9.17, 15) is 0 Å². The molecule has 5 rings (SSSR count). The molecule has 6 heteroatoms. The molecule has 3 aromatic rings. The molecular weight excluding hydrogens is 394 g/mol. The lowest BCUT2D eigenvalue weighted by molar-refractivity contribution is 0.120. The standard InChI is InChI=1S/C24H30ClN5/c1-17-7-11-29(12-8-17)18-9-13-30(14-10-18)23-15-19(20(25)16-26-23)24-27-21-5-3-4-6-22(21)28(24)2/h3-6,15-18H,7-14H2,1-2H3. The Hall–Kier alpha value is -2.11. The number of rotatable bonds is 3. The highest BCUT2D eigenvalue weighted by atomic mass is 35.5. The number of pyridine rings is 1. The summed E-state index contributed by atoms with van der Waals surface area (Å²) in [7, 11) is 2.05. The average Bonchev–Trinajstić information content (AvgIpc) is 3.11. The van der Waals surface area contributed by atoms with Crippen LogP contribution in [0.3, 0.4) is 0 Å². The first-order valence-corrected chi connectivity index (χ1v) is 11.5. The van der Waals surface area contributed by atoms with Crippen LogP contribution in [-0.4, -0.2) is 51.7 Å². The number of anilines is 1. The predicted molar refractivity (Wildman–Crippen MR) is 124 cm³/mol. The summed E-state index contributed by atoms with van der Waals surface area (Å²) < 4.78 is 2.11. The van der Waals surface area contributed by atoms with Gasteiger partial charge in [-0.1, -0.05) is 30.7 Å². The van der Waals surface area contributed by atoms with Gasteiger partial charge in [-0.15, -0.1) is 0 Å². The van der Waals surface area contributed by atoms with Crippen LogP contribution >= 0.6 is 11.6 Å². The number of nitrogens with zero attached hydrogens (tertiary/aromatic N) is 5. The number of halogens is 1. The number of piperidine rings is 2. The number of hydrogen-bond acceptors (Lipinski definition) is 4. The van der Waals surface area contributed by atoms with E-state index in [0.29, 0.717) is 5.02 Å². The van der Waals surface area contributed by atoms with E-state index in [4.69, 9.17) is 16.6 Å². The smallest absolute Gasteiger partial charge is 0.142 e. The first kappa shape index (κ1) is 19.8. The summed E-state index contributed by atoms with van der Waals surface area (Å²) in [4.78, 5) is 14.6. The fraction of sp³-hybridized carbons (Fsp3) is 0.500. The highest BCUT2D eigenvalue weighted by Gasteiger charge is 2.28. The molecule has 2 aliphatic rings. The Morgan fingerprint density at radius 2 is 1.73 bits per heavy atom. The van der Waals surface area contributed by atoms with Gasteiger partial charge in [0.05, 0.1) is 16.1 Å². The Morgan fingerprint density at radius 1 is 1.00 bits per heavy atom. The molecule has 2 aromatic heterocycles. The zero-order valence-electron chi connectivity index (χ0n) is 17.9. The van der Waals surface area contributed by atoms with Crippen molar-refractivity contribution in [3.63, 3.8) is 0 Å². The molecule has 0 saturated carbocycles. The summed E-state index contributed by atoms with van der Waals surface area (Å²) in [6, 6.07) is 11.0. The van der Waals surface area contributed by atoms with E-state index in [1.165, 1.54) is 38.8 Å². The molecule has 158 valence electrons. The number of likely N-dealkylation sites (tertiary alicyclic amines) is 1. The molecule has 2 saturated heterocycles. The second kappa shape index (κ2) is 8.20. The minimum atomic E-state index is 0.648. The Labute approximate surface area is 183 Å². The summed E-state index contributed by atoms with van der Waals surface area (Å²) in [5.41, 5.74) is 3.05. The monoisotopic (exact) mass is 423 g/mol. The maximum Gasteiger partial charge on any atom is 0.142 e. The molecule has 30 heavy (non-hydrogen) atoms. The number of hydrogen-bond donors (Lipinski definition) is 0. The Kier molecular flexibility index (Phi) is 5.42. The van der Waals surface area contributed by atoms with Crippen molar-refractivity contribution in [2.45, 2.75) is 38.6 Å². The van der Waals surface area contributed by atoms with Gasteiger partial charge in [0.2, 0.25) is 0 Å². The molecule has 0 bridgehead atoms. The third-order valence-electron chi connectivity index (χ3n) is 6.99. The van der Waals surface area contributed by atoms with Crippen molar-refractivity contribution in [1.29, 1.82) is 0 Å². The van der Waals surface area contributed by atoms with Gasteiger partial charge in [-0.05, 0) is 62.9 Å². The van der Waals surface area contributed by atoms with E-state index in [2.05, 4.69) is 38.4 Å². The molecule has 0 amide bonds. The molecule has 0 N–H and O–H groups in total. The molecule has 0 aliphatic carbocycles. The molecular formula is C24H30ClN5. The van der Waals surface area contributed by atoms with E-state index < -0.39 is 0 Å². The molecule has 0 radical (unpaired) electrons. The Morgan fingerprint density at radius 3 is 2.47 bits per heavy atom. The fourth-order valence-electron chi connectivity index (χ4n) is 5.01. The zero-order valence-corrected chi connectivity index (χ0v) is 18.6. The maximum absolute atomic E-state index is 6.56. The van der Waals surface area contributed by atoms with Gasteiger partial charge in [0.15, 0.2) is 0 Å². The van der Waals surface area contributed by atoms with Gasteiger partial charge in [-0.25, -0.2) is 9.97 Å². The lowest BCUT2D eigenvalue weighted by Crippen LogP contribution is -2.47. The summed E-state index contributed by atoms with van der Waals surface area (Å²) in [5.74, 6) is 2.79. The topological polar surface area (TPSA) is 37.2 Å². The van der Waals surface area contributed by atoms with E-state index in [1.807, 2.05) is 25.2 Å². The maximum atomic E-state index is 6.56. The molecule has 5 nitrogen and oxygen atoms in total. The number of aryl methyl sites for hydroxylation is 1. The SMILES string of the molecule is CC1CCN(C2CCN(c3cc(-c4nc5ccccc5n4C)c(Cl)cn3)CC2)CC1. The summed E-state index contributed by atoms with van der Waals surface area (Å²) in [5, 5.41) is 0.648. The van der Waals surface area contributed by atoms with Gasteiger partial charge in [-0.3, -0.25) is 0 Å². The number of aromatic nitrogens is 3. The predicted octanol–water partition coefficient (Wildman–Crippen LogP) is 4.99. The van der Waals surface area contributed by atoms with Gasteiger partial charge in [-0.2, -0.15) is 0 Å². The van der Waals surface area contributed by atoms with E-state index in [0.717, 1.165) is 53.3 Å². The van der Waals surface area contributed by atoms with Crippen molar-refractivity contribution in [2.24, 2.45) is 13.0 Å². The Balaban J connectivity index is 1.35. The molecule has 4 heterocycles. The molecule has 0 unspecified atom stereocenters. The summed E-state index contributed by atoms with van der Waals surface area (Å²) in [6.07, 6.45) is 6.89. The molecule has 0 atom stereocenters. The minimum absolute atomic E-state index is 0.648. The van der Waals surface area contributed by atoms with Gasteiger partial charge < -0.3 is 14.4 Å². The van der Waals surface area contributed by atoms with Crippen LogP contribution in [0.1, 0.15) is 32.6 Å². The Bertz CT molecular complexity index is 1030. The van der Waals surface area contributed by atoms with Gasteiger partial charge in [0.1, 0.15) is 11.6 Å².